The van der Waals surface area contributed by atoms with Crippen LogP contribution in [-0.2, 0) is 4.79 Å². The van der Waals surface area contributed by atoms with Gasteiger partial charge in [0.1, 0.15) is 6.33 Å². The molecule has 0 radical (unpaired) electrons. The van der Waals surface area contributed by atoms with E-state index in [1.54, 1.807) is 6.33 Å². The normalized spacial score (nSPS) is 10.8. The monoisotopic (exact) mass is 285 g/mol. The molecule has 3 aromatic rings. The minimum absolute atomic E-state index is 0.0382. The van der Waals surface area contributed by atoms with Gasteiger partial charge in [-0.2, -0.15) is 0 Å². The summed E-state index contributed by atoms with van der Waals surface area (Å²) in [7, 11) is 0. The van der Waals surface area contributed by atoms with Gasteiger partial charge in [0.05, 0.1) is 11.4 Å². The summed E-state index contributed by atoms with van der Waals surface area (Å²) in [4.78, 5) is 10.7. The molecule has 0 aliphatic rings. The lowest BCUT2D eigenvalue weighted by molar-refractivity contribution is -0.133. The van der Waals surface area contributed by atoms with Crippen molar-refractivity contribution in [1.82, 2.24) is 14.8 Å². The van der Waals surface area contributed by atoms with Gasteiger partial charge in [-0.25, -0.2) is 0 Å². The van der Waals surface area contributed by atoms with Crippen LogP contribution in [0.1, 0.15) is 0 Å². The second-order valence-electron chi connectivity index (χ2n) is 4.16. The first-order chi connectivity index (χ1) is 9.75. The fraction of sp³-hybridized carbons (Fsp3) is 0.0714. The van der Waals surface area contributed by atoms with Crippen molar-refractivity contribution in [2.24, 2.45) is 0 Å². The molecular formula is C14H11N3O2S. The van der Waals surface area contributed by atoms with Gasteiger partial charge >= 0.3 is 5.97 Å². The van der Waals surface area contributed by atoms with Gasteiger partial charge in [-0.15, -0.1) is 10.2 Å². The van der Waals surface area contributed by atoms with Gasteiger partial charge in [0.25, 0.3) is 0 Å². The zero-order valence-corrected chi connectivity index (χ0v) is 11.2. The van der Waals surface area contributed by atoms with Crippen LogP contribution in [-0.4, -0.2) is 31.6 Å². The Labute approximate surface area is 119 Å². The molecule has 0 amide bonds. The van der Waals surface area contributed by atoms with Crippen LogP contribution in [0.2, 0.25) is 0 Å². The van der Waals surface area contributed by atoms with Crippen molar-refractivity contribution in [3.8, 4) is 5.69 Å². The average molecular weight is 285 g/mol. The Morgan fingerprint density at radius 2 is 2.00 bits per heavy atom. The van der Waals surface area contributed by atoms with Crippen molar-refractivity contribution < 1.29 is 9.90 Å². The molecule has 1 aromatic heterocycles. The molecule has 2 aromatic carbocycles. The fourth-order valence-corrected chi connectivity index (χ4v) is 2.67. The van der Waals surface area contributed by atoms with Crippen molar-refractivity contribution in [1.29, 1.82) is 0 Å². The van der Waals surface area contributed by atoms with Crippen LogP contribution >= 0.6 is 11.8 Å². The van der Waals surface area contributed by atoms with Gasteiger partial charge in [-0.1, -0.05) is 48.2 Å². The van der Waals surface area contributed by atoms with Crippen LogP contribution in [0.25, 0.3) is 16.5 Å². The maximum atomic E-state index is 10.7. The maximum absolute atomic E-state index is 10.7. The molecule has 0 fully saturated rings. The first-order valence-electron chi connectivity index (χ1n) is 5.98. The average Bonchev–Trinajstić information content (AvgIpc) is 2.92. The Balaban J connectivity index is 2.08. The van der Waals surface area contributed by atoms with Crippen LogP contribution in [0.15, 0.2) is 53.9 Å². The van der Waals surface area contributed by atoms with Crippen molar-refractivity contribution in [3.63, 3.8) is 0 Å². The van der Waals surface area contributed by atoms with E-state index in [1.165, 1.54) is 0 Å². The third-order valence-corrected chi connectivity index (χ3v) is 3.80. The number of aromatic nitrogens is 3. The lowest BCUT2D eigenvalue weighted by Crippen LogP contribution is -2.01. The second-order valence-corrected chi connectivity index (χ2v) is 5.11. The molecule has 1 N–H and O–H groups in total. The van der Waals surface area contributed by atoms with Crippen LogP contribution in [0.3, 0.4) is 0 Å². The van der Waals surface area contributed by atoms with E-state index in [2.05, 4.69) is 10.2 Å². The first kappa shape index (κ1) is 12.7. The third-order valence-electron chi connectivity index (χ3n) is 2.87. The lowest BCUT2D eigenvalue weighted by Gasteiger charge is -2.09. The van der Waals surface area contributed by atoms with Gasteiger partial charge < -0.3 is 5.11 Å². The summed E-state index contributed by atoms with van der Waals surface area (Å²) in [5, 5.41) is 19.4. The molecule has 0 saturated carbocycles. The molecule has 1 heterocycles. The highest BCUT2D eigenvalue weighted by molar-refractivity contribution is 7.99. The molecule has 100 valence electrons. The molecule has 0 spiro atoms. The second kappa shape index (κ2) is 5.34. The fourth-order valence-electron chi connectivity index (χ4n) is 2.03. The number of carboxylic acid groups (broad SMARTS) is 1. The van der Waals surface area contributed by atoms with E-state index in [-0.39, 0.29) is 5.75 Å². The van der Waals surface area contributed by atoms with E-state index in [9.17, 15) is 4.79 Å². The topological polar surface area (TPSA) is 68.0 Å². The number of hydrogen-bond donors (Lipinski definition) is 1. The number of thioether (sulfide) groups is 1. The summed E-state index contributed by atoms with van der Waals surface area (Å²) in [5.74, 6) is -0.911. The highest BCUT2D eigenvalue weighted by Crippen LogP contribution is 2.25. The van der Waals surface area contributed by atoms with Gasteiger partial charge in [0, 0.05) is 5.39 Å². The van der Waals surface area contributed by atoms with Crippen molar-refractivity contribution in [2.45, 2.75) is 5.16 Å². The van der Waals surface area contributed by atoms with Crippen molar-refractivity contribution >= 4 is 28.5 Å². The zero-order chi connectivity index (χ0) is 13.9. The van der Waals surface area contributed by atoms with Crippen molar-refractivity contribution in [2.75, 3.05) is 5.75 Å². The number of benzene rings is 2. The van der Waals surface area contributed by atoms with E-state index in [4.69, 9.17) is 5.11 Å². The summed E-state index contributed by atoms with van der Waals surface area (Å²) in [6.07, 6.45) is 1.60. The number of nitrogens with zero attached hydrogens (tertiary/aromatic N) is 3. The van der Waals surface area contributed by atoms with E-state index in [1.807, 2.05) is 47.0 Å². The Hall–Kier alpha value is -2.34. The lowest BCUT2D eigenvalue weighted by atomic mass is 10.1. The van der Waals surface area contributed by atoms with Crippen molar-refractivity contribution in [3.05, 3.63) is 48.8 Å². The maximum Gasteiger partial charge on any atom is 0.313 e. The minimum Gasteiger partial charge on any atom is -0.481 e. The first-order valence-corrected chi connectivity index (χ1v) is 6.97. The molecule has 20 heavy (non-hydrogen) atoms. The van der Waals surface area contributed by atoms with E-state index < -0.39 is 5.97 Å². The standard InChI is InChI=1S/C14H11N3O2S/c18-13(19)8-20-14-16-15-9-17(14)12-7-3-5-10-4-1-2-6-11(10)12/h1-7,9H,8H2,(H,18,19). The Morgan fingerprint density at radius 1 is 1.20 bits per heavy atom. The SMILES string of the molecule is O=C(O)CSc1nncn1-c1cccc2ccccc12. The number of fused-ring (bicyclic) bond motifs is 1. The summed E-state index contributed by atoms with van der Waals surface area (Å²) in [6.45, 7) is 0. The molecule has 0 atom stereocenters. The molecule has 6 heteroatoms. The van der Waals surface area contributed by atoms with Crippen LogP contribution in [0.4, 0.5) is 0 Å². The van der Waals surface area contributed by atoms with E-state index in [0.29, 0.717) is 5.16 Å². The smallest absolute Gasteiger partial charge is 0.313 e. The zero-order valence-electron chi connectivity index (χ0n) is 10.4. The Kier molecular flexibility index (Phi) is 3.39. The predicted octanol–water partition coefficient (Wildman–Crippen LogP) is 2.60. The largest absolute Gasteiger partial charge is 0.481 e. The molecule has 5 nitrogen and oxygen atoms in total. The molecule has 0 unspecified atom stereocenters. The van der Waals surface area contributed by atoms with Crippen LogP contribution in [0.5, 0.6) is 0 Å². The van der Waals surface area contributed by atoms with E-state index >= 15 is 0 Å². The molecule has 0 saturated heterocycles. The van der Waals surface area contributed by atoms with Crippen LogP contribution in [0, 0.1) is 0 Å². The van der Waals surface area contributed by atoms with Gasteiger partial charge in [0.15, 0.2) is 5.16 Å². The highest BCUT2D eigenvalue weighted by Gasteiger charge is 2.11. The summed E-state index contributed by atoms with van der Waals surface area (Å²) in [6, 6.07) is 14.0. The molecule has 0 aliphatic heterocycles. The number of hydrogen-bond acceptors (Lipinski definition) is 4. The number of aliphatic carboxylic acids is 1. The number of rotatable bonds is 4. The van der Waals surface area contributed by atoms with Gasteiger partial charge in [-0.05, 0) is 11.5 Å². The summed E-state index contributed by atoms with van der Waals surface area (Å²) in [5.41, 5.74) is 0.945. The Morgan fingerprint density at radius 3 is 2.85 bits per heavy atom. The predicted molar refractivity (Wildman–Crippen MR) is 77.2 cm³/mol. The summed E-state index contributed by atoms with van der Waals surface area (Å²) >= 11 is 1.16. The van der Waals surface area contributed by atoms with Gasteiger partial charge in [-0.3, -0.25) is 9.36 Å². The third kappa shape index (κ3) is 2.37. The number of carbonyl (C=O) groups is 1. The van der Waals surface area contributed by atoms with E-state index in [0.717, 1.165) is 28.2 Å². The number of carboxylic acids is 1. The van der Waals surface area contributed by atoms with Crippen LogP contribution < -0.4 is 0 Å². The summed E-state index contributed by atoms with van der Waals surface area (Å²) < 4.78 is 1.82. The molecule has 0 bridgehead atoms. The van der Waals surface area contributed by atoms with Gasteiger partial charge in [0.2, 0.25) is 0 Å². The quantitative estimate of drug-likeness (QED) is 0.746. The molecule has 3 rings (SSSR count). The highest BCUT2D eigenvalue weighted by atomic mass is 32.2. The molecule has 0 aliphatic carbocycles. The Bertz CT molecular complexity index is 764. The minimum atomic E-state index is -0.873. The molecular weight excluding hydrogens is 274 g/mol.